The van der Waals surface area contributed by atoms with E-state index in [9.17, 15) is 0 Å². The van der Waals surface area contributed by atoms with Crippen molar-refractivity contribution < 1.29 is 39.1 Å². The average molecular weight is 203 g/mol. The number of hydrogen-bond donors (Lipinski definition) is 3. The van der Waals surface area contributed by atoms with Crippen LogP contribution < -0.4 is 0 Å². The van der Waals surface area contributed by atoms with Gasteiger partial charge in [0.2, 0.25) is 0 Å². The maximum atomic E-state index is 8.74. The molecule has 5 nitrogen and oxygen atoms in total. The van der Waals surface area contributed by atoms with Crippen LogP contribution in [-0.2, 0) is 26.9 Å². The third-order valence-corrected chi connectivity index (χ3v) is 0. The molecule has 62 valence electrons. The Labute approximate surface area is 63.6 Å². The van der Waals surface area contributed by atoms with Crippen molar-refractivity contribution in [2.24, 2.45) is 0 Å². The van der Waals surface area contributed by atoms with Crippen molar-refractivity contribution in [1.29, 1.82) is 0 Å². The summed E-state index contributed by atoms with van der Waals surface area (Å²) < 4.78 is 31.6. The van der Waals surface area contributed by atoms with Crippen LogP contribution >= 0.6 is 0 Å². The summed E-state index contributed by atoms with van der Waals surface area (Å²) in [5, 5.41) is 7.57. The first-order valence-electron chi connectivity index (χ1n) is 1.72. The molecule has 0 rings (SSSR count). The van der Waals surface area contributed by atoms with E-state index in [4.69, 9.17) is 22.6 Å². The van der Waals surface area contributed by atoms with Crippen LogP contribution in [0.4, 0.5) is 0 Å². The van der Waals surface area contributed by atoms with Gasteiger partial charge in [-0.15, -0.1) is 0 Å². The van der Waals surface area contributed by atoms with E-state index < -0.39 is 10.4 Å². The molecule has 0 saturated carbocycles. The molecule has 0 aliphatic rings. The molecular formula is C2H8NiO5S. The predicted molar refractivity (Wildman–Crippen MR) is 26.9 cm³/mol. The van der Waals surface area contributed by atoms with Gasteiger partial charge in [-0.3, -0.25) is 9.11 Å². The van der Waals surface area contributed by atoms with Gasteiger partial charge in [0.25, 0.3) is 0 Å². The Hall–Kier alpha value is 0.324. The summed E-state index contributed by atoms with van der Waals surface area (Å²) in [6, 6.07) is 0. The second kappa shape index (κ2) is 8.32. The summed E-state index contributed by atoms with van der Waals surface area (Å²) in [6.07, 6.45) is 0. The minimum absolute atomic E-state index is 0. The minimum Gasteiger partial charge on any atom is -0.397 e. The molecule has 3 N–H and O–H groups in total. The first kappa shape index (κ1) is 16.2. The Bertz CT molecular complexity index is 109. The van der Waals surface area contributed by atoms with Crippen LogP contribution in [0.25, 0.3) is 0 Å². The quantitative estimate of drug-likeness (QED) is 0.358. The van der Waals surface area contributed by atoms with Gasteiger partial charge >= 0.3 is 10.4 Å². The first-order chi connectivity index (χ1) is 3.41. The zero-order valence-corrected chi connectivity index (χ0v) is 6.39. The molecule has 0 amide bonds. The van der Waals surface area contributed by atoms with Crippen molar-refractivity contribution in [2.45, 2.75) is 6.92 Å². The van der Waals surface area contributed by atoms with Crippen molar-refractivity contribution in [3.8, 4) is 0 Å². The van der Waals surface area contributed by atoms with Crippen molar-refractivity contribution in [3.05, 3.63) is 0 Å². The number of hydrogen-bond acceptors (Lipinski definition) is 3. The zero-order chi connectivity index (χ0) is 7.21. The Morgan fingerprint density at radius 1 is 1.33 bits per heavy atom. The predicted octanol–water partition coefficient (Wildman–Crippen LogP) is -0.657. The fourth-order valence-electron chi connectivity index (χ4n) is 0. The van der Waals surface area contributed by atoms with Crippen molar-refractivity contribution in [2.75, 3.05) is 6.61 Å². The van der Waals surface area contributed by atoms with Crippen LogP contribution in [-0.4, -0.2) is 29.2 Å². The molecule has 0 atom stereocenters. The van der Waals surface area contributed by atoms with E-state index in [0.717, 1.165) is 0 Å². The van der Waals surface area contributed by atoms with Gasteiger partial charge in [0.05, 0.1) is 0 Å². The van der Waals surface area contributed by atoms with Gasteiger partial charge in [0.15, 0.2) is 0 Å². The van der Waals surface area contributed by atoms with Gasteiger partial charge in [0.1, 0.15) is 0 Å². The number of aliphatic hydroxyl groups excluding tert-OH is 1. The van der Waals surface area contributed by atoms with Crippen LogP contribution in [0.3, 0.4) is 0 Å². The maximum Gasteiger partial charge on any atom is 0.394 e. The van der Waals surface area contributed by atoms with Gasteiger partial charge in [-0.2, -0.15) is 8.42 Å². The third-order valence-electron chi connectivity index (χ3n) is 0. The second-order valence-corrected chi connectivity index (χ2v) is 1.66. The van der Waals surface area contributed by atoms with E-state index >= 15 is 0 Å². The first-order valence-corrected chi connectivity index (χ1v) is 3.12. The van der Waals surface area contributed by atoms with E-state index in [2.05, 4.69) is 0 Å². The standard InChI is InChI=1S/C2H6O.Ni.H2O4S/c1-2-3;;1-5(2,3)4/h3H,2H2,1H3;;(H2,1,2,3,4). The van der Waals surface area contributed by atoms with Crippen molar-refractivity contribution in [3.63, 3.8) is 0 Å². The fourth-order valence-corrected chi connectivity index (χ4v) is 0. The topological polar surface area (TPSA) is 94.8 Å². The van der Waals surface area contributed by atoms with E-state index in [1.807, 2.05) is 0 Å². The average Bonchev–Trinajstić information content (AvgIpc) is 1.27. The smallest absolute Gasteiger partial charge is 0.394 e. The molecule has 0 fully saturated rings. The Balaban J connectivity index is -0.0000000800. The van der Waals surface area contributed by atoms with Crippen LogP contribution in [0.1, 0.15) is 6.92 Å². The van der Waals surface area contributed by atoms with Crippen LogP contribution in [0.2, 0.25) is 0 Å². The Morgan fingerprint density at radius 3 is 1.33 bits per heavy atom. The molecule has 0 saturated heterocycles. The molecule has 0 spiro atoms. The van der Waals surface area contributed by atoms with Gasteiger partial charge in [-0.05, 0) is 6.92 Å². The molecule has 0 radical (unpaired) electrons. The normalized spacial score (nSPS) is 8.44. The van der Waals surface area contributed by atoms with Gasteiger partial charge < -0.3 is 5.11 Å². The van der Waals surface area contributed by atoms with Crippen LogP contribution in [0.15, 0.2) is 0 Å². The van der Waals surface area contributed by atoms with Crippen LogP contribution in [0.5, 0.6) is 0 Å². The van der Waals surface area contributed by atoms with E-state index in [0.29, 0.717) is 0 Å². The summed E-state index contributed by atoms with van der Waals surface area (Å²) in [4.78, 5) is 0. The summed E-state index contributed by atoms with van der Waals surface area (Å²) >= 11 is 0. The maximum absolute atomic E-state index is 8.74. The molecule has 0 aromatic carbocycles. The minimum atomic E-state index is -4.67. The molecule has 0 aromatic heterocycles. The van der Waals surface area contributed by atoms with E-state index in [-0.39, 0.29) is 23.1 Å². The molecule has 7 heteroatoms. The van der Waals surface area contributed by atoms with E-state index in [1.54, 1.807) is 6.92 Å². The van der Waals surface area contributed by atoms with Gasteiger partial charge in [-0.25, -0.2) is 0 Å². The fraction of sp³-hybridized carbons (Fsp3) is 1.00. The molecule has 0 heterocycles. The molecule has 0 bridgehead atoms. The molecule has 0 aliphatic heterocycles. The van der Waals surface area contributed by atoms with Crippen molar-refractivity contribution in [1.82, 2.24) is 0 Å². The molecule has 0 aromatic rings. The van der Waals surface area contributed by atoms with E-state index in [1.165, 1.54) is 0 Å². The Kier molecular flexibility index (Phi) is 14.9. The molecular weight excluding hydrogens is 195 g/mol. The van der Waals surface area contributed by atoms with Gasteiger partial charge in [0, 0.05) is 23.1 Å². The number of rotatable bonds is 0. The molecule has 9 heavy (non-hydrogen) atoms. The summed E-state index contributed by atoms with van der Waals surface area (Å²) in [5.41, 5.74) is 0. The summed E-state index contributed by atoms with van der Waals surface area (Å²) in [5.74, 6) is 0. The SMILES string of the molecule is CCO.O=S(=O)(O)O.[Ni]. The number of aliphatic hydroxyl groups is 1. The third kappa shape index (κ3) is 3180. The second-order valence-electron chi connectivity index (χ2n) is 0.764. The Morgan fingerprint density at radius 2 is 1.33 bits per heavy atom. The molecule has 0 unspecified atom stereocenters. The largest absolute Gasteiger partial charge is 0.397 e. The monoisotopic (exact) mass is 202 g/mol. The summed E-state index contributed by atoms with van der Waals surface area (Å²) in [6.45, 7) is 1.93. The van der Waals surface area contributed by atoms with Gasteiger partial charge in [-0.1, -0.05) is 0 Å². The molecule has 0 aliphatic carbocycles. The summed E-state index contributed by atoms with van der Waals surface area (Å²) in [7, 11) is -4.67. The van der Waals surface area contributed by atoms with Crippen molar-refractivity contribution >= 4 is 10.4 Å². The zero-order valence-electron chi connectivity index (χ0n) is 4.59. The van der Waals surface area contributed by atoms with Crippen LogP contribution in [0, 0.1) is 0 Å².